The van der Waals surface area contributed by atoms with Crippen LogP contribution in [0.25, 0.3) is 0 Å². The van der Waals surface area contributed by atoms with Crippen LogP contribution in [-0.2, 0) is 0 Å². The largest absolute Gasteiger partial charge is 0.393 e. The standard InChI is InChI=1S/C13H16FN5/c1-2-7-16-12-11(15)13(18-8-17-12)19-10-5-3-9(14)4-6-10/h3-6,8H,2,7,15H2,1H3,(H2,16,17,18,19). The summed E-state index contributed by atoms with van der Waals surface area (Å²) in [7, 11) is 0. The van der Waals surface area contributed by atoms with Crippen LogP contribution in [0.5, 0.6) is 0 Å². The normalized spacial score (nSPS) is 10.2. The van der Waals surface area contributed by atoms with E-state index >= 15 is 0 Å². The molecule has 0 radical (unpaired) electrons. The van der Waals surface area contributed by atoms with Crippen LogP contribution >= 0.6 is 0 Å². The van der Waals surface area contributed by atoms with Gasteiger partial charge in [0.25, 0.3) is 0 Å². The minimum atomic E-state index is -0.286. The number of benzene rings is 1. The van der Waals surface area contributed by atoms with E-state index in [1.165, 1.54) is 18.5 Å². The zero-order valence-corrected chi connectivity index (χ0v) is 10.7. The van der Waals surface area contributed by atoms with Gasteiger partial charge in [0.15, 0.2) is 11.6 Å². The van der Waals surface area contributed by atoms with Gasteiger partial charge in [-0.1, -0.05) is 6.92 Å². The molecule has 0 saturated heterocycles. The van der Waals surface area contributed by atoms with Gasteiger partial charge in [0, 0.05) is 12.2 Å². The lowest BCUT2D eigenvalue weighted by Gasteiger charge is -2.12. The van der Waals surface area contributed by atoms with Gasteiger partial charge in [-0.05, 0) is 30.7 Å². The number of aromatic nitrogens is 2. The van der Waals surface area contributed by atoms with Gasteiger partial charge in [-0.3, -0.25) is 0 Å². The van der Waals surface area contributed by atoms with Crippen molar-refractivity contribution in [1.82, 2.24) is 9.97 Å². The van der Waals surface area contributed by atoms with E-state index in [-0.39, 0.29) is 5.82 Å². The molecular weight excluding hydrogens is 245 g/mol. The first-order valence-corrected chi connectivity index (χ1v) is 6.07. The predicted octanol–water partition coefficient (Wildman–Crippen LogP) is 2.76. The summed E-state index contributed by atoms with van der Waals surface area (Å²) < 4.78 is 12.8. The van der Waals surface area contributed by atoms with Crippen molar-refractivity contribution >= 4 is 23.0 Å². The van der Waals surface area contributed by atoms with Gasteiger partial charge in [0.05, 0.1) is 0 Å². The lowest BCUT2D eigenvalue weighted by Crippen LogP contribution is -2.08. The van der Waals surface area contributed by atoms with Gasteiger partial charge < -0.3 is 16.4 Å². The molecular formula is C13H16FN5. The second-order valence-electron chi connectivity index (χ2n) is 4.04. The molecule has 1 aromatic carbocycles. The zero-order valence-electron chi connectivity index (χ0n) is 10.7. The first-order valence-electron chi connectivity index (χ1n) is 6.07. The Hall–Kier alpha value is -2.37. The highest BCUT2D eigenvalue weighted by molar-refractivity contribution is 5.77. The average molecular weight is 261 g/mol. The first kappa shape index (κ1) is 13.1. The smallest absolute Gasteiger partial charge is 0.159 e. The molecule has 2 rings (SSSR count). The van der Waals surface area contributed by atoms with E-state index in [0.717, 1.165) is 13.0 Å². The second-order valence-corrected chi connectivity index (χ2v) is 4.04. The van der Waals surface area contributed by atoms with Crippen LogP contribution in [-0.4, -0.2) is 16.5 Å². The van der Waals surface area contributed by atoms with Crippen LogP contribution < -0.4 is 16.4 Å². The average Bonchev–Trinajstić information content (AvgIpc) is 2.42. The molecule has 0 atom stereocenters. The predicted molar refractivity (Wildman–Crippen MR) is 74.9 cm³/mol. The molecule has 0 bridgehead atoms. The van der Waals surface area contributed by atoms with E-state index in [1.54, 1.807) is 12.1 Å². The maximum Gasteiger partial charge on any atom is 0.159 e. The van der Waals surface area contributed by atoms with Gasteiger partial charge in [-0.2, -0.15) is 0 Å². The molecule has 0 aliphatic rings. The Kier molecular flexibility index (Phi) is 4.12. The minimum Gasteiger partial charge on any atom is -0.393 e. The molecule has 0 fully saturated rings. The third-order valence-electron chi connectivity index (χ3n) is 2.53. The summed E-state index contributed by atoms with van der Waals surface area (Å²) in [5.41, 5.74) is 7.14. The van der Waals surface area contributed by atoms with Crippen LogP contribution in [0.4, 0.5) is 27.4 Å². The summed E-state index contributed by atoms with van der Waals surface area (Å²) in [5, 5.41) is 6.16. The number of hydrogen-bond acceptors (Lipinski definition) is 5. The molecule has 0 aliphatic carbocycles. The summed E-state index contributed by atoms with van der Waals surface area (Å²) in [6.45, 7) is 2.85. The maximum atomic E-state index is 12.8. The van der Waals surface area contributed by atoms with E-state index in [0.29, 0.717) is 23.0 Å². The molecule has 0 amide bonds. The molecule has 1 heterocycles. The zero-order chi connectivity index (χ0) is 13.7. The molecule has 2 aromatic rings. The Morgan fingerprint density at radius 1 is 1.16 bits per heavy atom. The van der Waals surface area contributed by atoms with Gasteiger partial charge in [-0.25, -0.2) is 14.4 Å². The minimum absolute atomic E-state index is 0.286. The number of anilines is 4. The number of nitrogens with two attached hydrogens (primary N) is 1. The highest BCUT2D eigenvalue weighted by atomic mass is 19.1. The van der Waals surface area contributed by atoms with Gasteiger partial charge in [-0.15, -0.1) is 0 Å². The lowest BCUT2D eigenvalue weighted by atomic mass is 10.3. The summed E-state index contributed by atoms with van der Waals surface area (Å²) in [6.07, 6.45) is 2.41. The SMILES string of the molecule is CCCNc1ncnc(Nc2ccc(F)cc2)c1N. The molecule has 100 valence electrons. The Morgan fingerprint density at radius 3 is 2.53 bits per heavy atom. The summed E-state index contributed by atoms with van der Waals surface area (Å²) in [4.78, 5) is 8.17. The van der Waals surface area contributed by atoms with Crippen molar-refractivity contribution in [3.63, 3.8) is 0 Å². The van der Waals surface area contributed by atoms with E-state index in [9.17, 15) is 4.39 Å². The monoisotopic (exact) mass is 261 g/mol. The molecule has 5 nitrogen and oxygen atoms in total. The van der Waals surface area contributed by atoms with Crippen molar-refractivity contribution in [2.45, 2.75) is 13.3 Å². The number of rotatable bonds is 5. The van der Waals surface area contributed by atoms with Crippen molar-refractivity contribution < 1.29 is 4.39 Å². The Balaban J connectivity index is 2.18. The summed E-state index contributed by atoms with van der Waals surface area (Å²) in [5.74, 6) is 0.813. The molecule has 0 spiro atoms. The Bertz CT molecular complexity index is 541. The lowest BCUT2D eigenvalue weighted by molar-refractivity contribution is 0.628. The van der Waals surface area contributed by atoms with Crippen molar-refractivity contribution in [3.8, 4) is 0 Å². The molecule has 4 N–H and O–H groups in total. The highest BCUT2D eigenvalue weighted by Crippen LogP contribution is 2.25. The van der Waals surface area contributed by atoms with Crippen LogP contribution in [0.1, 0.15) is 13.3 Å². The third kappa shape index (κ3) is 3.31. The van der Waals surface area contributed by atoms with E-state index in [4.69, 9.17) is 5.73 Å². The highest BCUT2D eigenvalue weighted by Gasteiger charge is 2.07. The van der Waals surface area contributed by atoms with Crippen molar-refractivity contribution in [2.75, 3.05) is 22.9 Å². The van der Waals surface area contributed by atoms with E-state index in [2.05, 4.69) is 27.5 Å². The summed E-state index contributed by atoms with van der Waals surface area (Å²) >= 11 is 0. The molecule has 0 saturated carbocycles. The Morgan fingerprint density at radius 2 is 1.84 bits per heavy atom. The molecule has 0 aliphatic heterocycles. The number of hydrogen-bond donors (Lipinski definition) is 3. The van der Waals surface area contributed by atoms with Crippen molar-refractivity contribution in [3.05, 3.63) is 36.4 Å². The third-order valence-corrected chi connectivity index (χ3v) is 2.53. The topological polar surface area (TPSA) is 75.9 Å². The number of halogens is 1. The van der Waals surface area contributed by atoms with Crippen LogP contribution in [0.2, 0.25) is 0 Å². The van der Waals surface area contributed by atoms with Crippen LogP contribution in [0.15, 0.2) is 30.6 Å². The quantitative estimate of drug-likeness (QED) is 0.771. The number of nitrogens with one attached hydrogen (secondary N) is 2. The van der Waals surface area contributed by atoms with Gasteiger partial charge >= 0.3 is 0 Å². The van der Waals surface area contributed by atoms with Crippen molar-refractivity contribution in [1.29, 1.82) is 0 Å². The maximum absolute atomic E-state index is 12.8. The first-order chi connectivity index (χ1) is 9.20. The van der Waals surface area contributed by atoms with Gasteiger partial charge in [0.2, 0.25) is 0 Å². The summed E-state index contributed by atoms with van der Waals surface area (Å²) in [6, 6.07) is 5.98. The van der Waals surface area contributed by atoms with E-state index < -0.39 is 0 Å². The van der Waals surface area contributed by atoms with Crippen LogP contribution in [0, 0.1) is 5.82 Å². The van der Waals surface area contributed by atoms with Crippen LogP contribution in [0.3, 0.4) is 0 Å². The fourth-order valence-corrected chi connectivity index (χ4v) is 1.55. The fourth-order valence-electron chi connectivity index (χ4n) is 1.55. The molecule has 6 heteroatoms. The second kappa shape index (κ2) is 5.99. The Labute approximate surface area is 111 Å². The molecule has 1 aromatic heterocycles. The molecule has 19 heavy (non-hydrogen) atoms. The van der Waals surface area contributed by atoms with Gasteiger partial charge in [0.1, 0.15) is 17.8 Å². The molecule has 0 unspecified atom stereocenters. The van der Waals surface area contributed by atoms with E-state index in [1.807, 2.05) is 0 Å². The number of nitrogens with zero attached hydrogens (tertiary/aromatic N) is 2. The number of nitrogen functional groups attached to an aromatic ring is 1. The van der Waals surface area contributed by atoms with Crippen molar-refractivity contribution in [2.24, 2.45) is 0 Å². The fraction of sp³-hybridized carbons (Fsp3) is 0.231.